The number of carbonyl (C=O) groups excluding carboxylic acids is 1. The fourth-order valence-corrected chi connectivity index (χ4v) is 2.98. The van der Waals surface area contributed by atoms with Crippen LogP contribution < -0.4 is 9.64 Å². The summed E-state index contributed by atoms with van der Waals surface area (Å²) in [5.41, 5.74) is 2.23. The van der Waals surface area contributed by atoms with Gasteiger partial charge in [-0.3, -0.25) is 4.79 Å². The summed E-state index contributed by atoms with van der Waals surface area (Å²) in [7, 11) is 0. The number of ether oxygens (including phenoxy) is 1. The minimum Gasteiger partial charge on any atom is -0.508 e. The van der Waals surface area contributed by atoms with Crippen molar-refractivity contribution in [2.75, 3.05) is 31.1 Å². The molecule has 1 fully saturated rings. The molecule has 1 heterocycles. The van der Waals surface area contributed by atoms with Gasteiger partial charge in [0.15, 0.2) is 6.10 Å². The average molecular weight is 340 g/mol. The van der Waals surface area contributed by atoms with E-state index in [1.54, 1.807) is 19.1 Å². The van der Waals surface area contributed by atoms with E-state index in [4.69, 9.17) is 4.74 Å². The van der Waals surface area contributed by atoms with Gasteiger partial charge in [0.1, 0.15) is 11.5 Å². The number of hydrogen-bond donors (Lipinski definition) is 1. The monoisotopic (exact) mass is 340 g/mol. The normalized spacial score (nSPS) is 15.8. The molecule has 132 valence electrons. The van der Waals surface area contributed by atoms with Gasteiger partial charge in [-0.25, -0.2) is 0 Å². The van der Waals surface area contributed by atoms with E-state index in [0.29, 0.717) is 18.8 Å². The number of anilines is 1. The van der Waals surface area contributed by atoms with Gasteiger partial charge in [0.25, 0.3) is 5.91 Å². The van der Waals surface area contributed by atoms with E-state index in [0.717, 1.165) is 24.3 Å². The molecule has 1 aliphatic heterocycles. The van der Waals surface area contributed by atoms with Gasteiger partial charge in [-0.2, -0.15) is 0 Å². The van der Waals surface area contributed by atoms with Crippen LogP contribution in [0.3, 0.4) is 0 Å². The van der Waals surface area contributed by atoms with Crippen LogP contribution in [0.1, 0.15) is 12.5 Å². The number of hydrogen-bond acceptors (Lipinski definition) is 4. The maximum atomic E-state index is 12.6. The van der Waals surface area contributed by atoms with Crippen LogP contribution in [0.4, 0.5) is 5.69 Å². The summed E-state index contributed by atoms with van der Waals surface area (Å²) < 4.78 is 5.78. The molecule has 1 aliphatic rings. The summed E-state index contributed by atoms with van der Waals surface area (Å²) in [5.74, 6) is 1.000. The van der Waals surface area contributed by atoms with E-state index in [-0.39, 0.29) is 11.7 Å². The molecule has 0 bridgehead atoms. The Kier molecular flexibility index (Phi) is 5.12. The van der Waals surface area contributed by atoms with Crippen molar-refractivity contribution < 1.29 is 14.6 Å². The maximum absolute atomic E-state index is 12.6. The van der Waals surface area contributed by atoms with Crippen molar-refractivity contribution in [2.45, 2.75) is 20.0 Å². The van der Waals surface area contributed by atoms with Crippen molar-refractivity contribution in [3.63, 3.8) is 0 Å². The number of nitrogens with zero attached hydrogens (tertiary/aromatic N) is 2. The number of aromatic hydroxyl groups is 1. The van der Waals surface area contributed by atoms with Crippen LogP contribution in [0.15, 0.2) is 48.5 Å². The second kappa shape index (κ2) is 7.47. The summed E-state index contributed by atoms with van der Waals surface area (Å²) in [4.78, 5) is 16.7. The second-order valence-corrected chi connectivity index (χ2v) is 6.40. The van der Waals surface area contributed by atoms with Crippen molar-refractivity contribution in [3.8, 4) is 11.5 Å². The number of carbonyl (C=O) groups is 1. The first kappa shape index (κ1) is 17.1. The summed E-state index contributed by atoms with van der Waals surface area (Å²) in [6.45, 7) is 6.70. The molecule has 0 spiro atoms. The first-order chi connectivity index (χ1) is 12.0. The summed E-state index contributed by atoms with van der Waals surface area (Å²) in [6, 6.07) is 14.9. The Bertz CT molecular complexity index is 705. The number of rotatable bonds is 4. The van der Waals surface area contributed by atoms with Crippen LogP contribution in [0.25, 0.3) is 0 Å². The molecular weight excluding hydrogens is 316 g/mol. The number of aryl methyl sites for hydroxylation is 1. The summed E-state index contributed by atoms with van der Waals surface area (Å²) in [5, 5.41) is 9.38. The predicted octanol–water partition coefficient (Wildman–Crippen LogP) is 2.82. The standard InChI is InChI=1S/C20H24N2O3/c1-15-3-9-19(10-4-15)25-16(2)20(24)22-13-11-21(12-14-22)17-5-7-18(23)8-6-17/h3-10,16,23H,11-14H2,1-2H3. The van der Waals surface area contributed by atoms with Crippen molar-refractivity contribution in [1.82, 2.24) is 4.90 Å². The third kappa shape index (κ3) is 4.24. The van der Waals surface area contributed by atoms with Gasteiger partial charge in [-0.05, 0) is 50.2 Å². The van der Waals surface area contributed by atoms with Gasteiger partial charge < -0.3 is 19.6 Å². The van der Waals surface area contributed by atoms with E-state index >= 15 is 0 Å². The van der Waals surface area contributed by atoms with Crippen LogP contribution in [0.2, 0.25) is 0 Å². The minimum absolute atomic E-state index is 0.0194. The highest BCUT2D eigenvalue weighted by molar-refractivity contribution is 5.81. The molecule has 0 saturated carbocycles. The van der Waals surface area contributed by atoms with Gasteiger partial charge in [0, 0.05) is 31.9 Å². The fraction of sp³-hybridized carbons (Fsp3) is 0.350. The number of piperazine rings is 1. The highest BCUT2D eigenvalue weighted by Gasteiger charge is 2.26. The molecule has 5 heteroatoms. The zero-order chi connectivity index (χ0) is 17.8. The molecule has 1 N–H and O–H groups in total. The molecule has 1 saturated heterocycles. The Morgan fingerprint density at radius 3 is 2.20 bits per heavy atom. The molecule has 3 rings (SSSR count). The molecule has 25 heavy (non-hydrogen) atoms. The van der Waals surface area contributed by atoms with E-state index in [2.05, 4.69) is 4.90 Å². The number of phenolic OH excluding ortho intramolecular Hbond substituents is 1. The topological polar surface area (TPSA) is 53.0 Å². The van der Waals surface area contributed by atoms with Gasteiger partial charge >= 0.3 is 0 Å². The first-order valence-electron chi connectivity index (χ1n) is 8.59. The average Bonchev–Trinajstić information content (AvgIpc) is 2.64. The zero-order valence-electron chi connectivity index (χ0n) is 14.7. The van der Waals surface area contributed by atoms with Crippen molar-refractivity contribution >= 4 is 11.6 Å². The first-order valence-corrected chi connectivity index (χ1v) is 8.59. The third-order valence-electron chi connectivity index (χ3n) is 4.49. The lowest BCUT2D eigenvalue weighted by Crippen LogP contribution is -2.52. The Morgan fingerprint density at radius 2 is 1.60 bits per heavy atom. The fourth-order valence-electron chi connectivity index (χ4n) is 2.98. The van der Waals surface area contributed by atoms with Crippen molar-refractivity contribution in [2.24, 2.45) is 0 Å². The SMILES string of the molecule is Cc1ccc(OC(C)C(=O)N2CCN(c3ccc(O)cc3)CC2)cc1. The van der Waals surface area contributed by atoms with Crippen molar-refractivity contribution in [1.29, 1.82) is 0 Å². The molecule has 2 aromatic carbocycles. The minimum atomic E-state index is -0.497. The molecule has 0 aliphatic carbocycles. The van der Waals surface area contributed by atoms with Crippen molar-refractivity contribution in [3.05, 3.63) is 54.1 Å². The van der Waals surface area contributed by atoms with Crippen LogP contribution in [0.5, 0.6) is 11.5 Å². The predicted molar refractivity (Wildman–Crippen MR) is 98.2 cm³/mol. The summed E-state index contributed by atoms with van der Waals surface area (Å²) >= 11 is 0. The van der Waals surface area contributed by atoms with Crippen LogP contribution in [-0.4, -0.2) is 48.2 Å². The van der Waals surface area contributed by atoms with E-state index in [1.807, 2.05) is 48.2 Å². The molecule has 5 nitrogen and oxygen atoms in total. The Morgan fingerprint density at radius 1 is 1.00 bits per heavy atom. The number of benzene rings is 2. The second-order valence-electron chi connectivity index (χ2n) is 6.40. The molecular formula is C20H24N2O3. The van der Waals surface area contributed by atoms with Gasteiger partial charge in [0.05, 0.1) is 0 Å². The van der Waals surface area contributed by atoms with E-state index in [9.17, 15) is 9.90 Å². The van der Waals surface area contributed by atoms with E-state index < -0.39 is 6.10 Å². The number of phenols is 1. The van der Waals surface area contributed by atoms with Crippen LogP contribution in [0, 0.1) is 6.92 Å². The highest BCUT2D eigenvalue weighted by Crippen LogP contribution is 2.20. The van der Waals surface area contributed by atoms with Gasteiger partial charge in [0.2, 0.25) is 0 Å². The quantitative estimate of drug-likeness (QED) is 0.930. The van der Waals surface area contributed by atoms with Gasteiger partial charge in [-0.1, -0.05) is 17.7 Å². The molecule has 1 amide bonds. The lowest BCUT2D eigenvalue weighted by atomic mass is 10.2. The Labute approximate surface area is 148 Å². The summed E-state index contributed by atoms with van der Waals surface area (Å²) in [6.07, 6.45) is -0.497. The molecule has 1 atom stereocenters. The van der Waals surface area contributed by atoms with Gasteiger partial charge in [-0.15, -0.1) is 0 Å². The highest BCUT2D eigenvalue weighted by atomic mass is 16.5. The molecule has 1 unspecified atom stereocenters. The lowest BCUT2D eigenvalue weighted by Gasteiger charge is -2.37. The van der Waals surface area contributed by atoms with Crippen LogP contribution in [-0.2, 0) is 4.79 Å². The number of amides is 1. The smallest absolute Gasteiger partial charge is 0.263 e. The van der Waals surface area contributed by atoms with E-state index in [1.165, 1.54) is 0 Å². The Hall–Kier alpha value is -2.69. The maximum Gasteiger partial charge on any atom is 0.263 e. The lowest BCUT2D eigenvalue weighted by molar-refractivity contribution is -0.138. The molecule has 0 radical (unpaired) electrons. The third-order valence-corrected chi connectivity index (χ3v) is 4.49. The molecule has 0 aromatic heterocycles. The zero-order valence-corrected chi connectivity index (χ0v) is 14.7. The van der Waals surface area contributed by atoms with Crippen LogP contribution >= 0.6 is 0 Å². The largest absolute Gasteiger partial charge is 0.508 e. The Balaban J connectivity index is 1.53. The molecule has 2 aromatic rings.